The molecule has 0 aromatic heterocycles. The molecule has 0 radical (unpaired) electrons. The van der Waals surface area contributed by atoms with Crippen molar-refractivity contribution in [3.8, 4) is 17.2 Å². The Bertz CT molecular complexity index is 1090. The molecule has 1 amide bonds. The van der Waals surface area contributed by atoms with Gasteiger partial charge in [-0.1, -0.05) is 6.07 Å². The summed E-state index contributed by atoms with van der Waals surface area (Å²) < 4.78 is 41.0. The molecule has 0 N–H and O–H groups in total. The third-order valence-electron chi connectivity index (χ3n) is 5.87. The molecule has 3 heterocycles. The number of hydrogen-bond donors (Lipinski definition) is 0. The Hall–Kier alpha value is -2.78. The van der Waals surface area contributed by atoms with Gasteiger partial charge < -0.3 is 19.1 Å². The number of amides is 1. The van der Waals surface area contributed by atoms with Gasteiger partial charge in [-0.15, -0.1) is 0 Å². The standard InChI is InChI=1S/C21H22N2O6S/c1-27-16-5-3-15(4-6-16)23-18-12-30(25,26)11-17(18)22(10-21(23)24)9-14-2-7-19-20(8-14)29-13-28-19/h2-8,17-18H,9-13H2,1H3/t17-,18+/m1/s1. The first-order chi connectivity index (χ1) is 14.4. The number of anilines is 1. The smallest absolute Gasteiger partial charge is 0.241 e. The molecular weight excluding hydrogens is 408 g/mol. The predicted octanol–water partition coefficient (Wildman–Crippen LogP) is 1.44. The molecule has 2 aromatic carbocycles. The molecule has 8 nitrogen and oxygen atoms in total. The first-order valence-corrected chi connectivity index (χ1v) is 11.5. The van der Waals surface area contributed by atoms with E-state index in [2.05, 4.69) is 0 Å². The minimum Gasteiger partial charge on any atom is -0.497 e. The Morgan fingerprint density at radius 3 is 2.53 bits per heavy atom. The fraction of sp³-hybridized carbons (Fsp3) is 0.381. The molecule has 2 fully saturated rings. The van der Waals surface area contributed by atoms with Crippen LogP contribution in [0.15, 0.2) is 42.5 Å². The van der Waals surface area contributed by atoms with Gasteiger partial charge in [-0.2, -0.15) is 0 Å². The number of rotatable bonds is 4. The number of carbonyl (C=O) groups excluding carboxylic acids is 1. The van der Waals surface area contributed by atoms with Gasteiger partial charge in [0.25, 0.3) is 0 Å². The minimum atomic E-state index is -3.25. The van der Waals surface area contributed by atoms with Crippen LogP contribution in [0, 0.1) is 0 Å². The summed E-state index contributed by atoms with van der Waals surface area (Å²) in [6.07, 6.45) is 0. The maximum atomic E-state index is 13.1. The SMILES string of the molecule is COc1ccc(N2C(=O)CN(Cc3ccc4c(c3)OCO4)[C@@H]3CS(=O)(=O)C[C@@H]32)cc1. The molecule has 2 atom stereocenters. The van der Waals surface area contributed by atoms with Crippen LogP contribution in [0.3, 0.4) is 0 Å². The molecule has 2 saturated heterocycles. The highest BCUT2D eigenvalue weighted by atomic mass is 32.2. The maximum absolute atomic E-state index is 13.1. The molecule has 158 valence electrons. The van der Waals surface area contributed by atoms with Crippen molar-refractivity contribution in [3.05, 3.63) is 48.0 Å². The molecule has 0 unspecified atom stereocenters. The van der Waals surface area contributed by atoms with E-state index in [4.69, 9.17) is 14.2 Å². The second kappa shape index (κ2) is 7.17. The zero-order chi connectivity index (χ0) is 20.9. The van der Waals surface area contributed by atoms with Crippen LogP contribution in [-0.2, 0) is 21.2 Å². The number of nitrogens with zero attached hydrogens (tertiary/aromatic N) is 2. The lowest BCUT2D eigenvalue weighted by atomic mass is 10.0. The number of fused-ring (bicyclic) bond motifs is 2. The predicted molar refractivity (Wildman–Crippen MR) is 110 cm³/mol. The van der Waals surface area contributed by atoms with E-state index in [-0.39, 0.29) is 36.8 Å². The number of sulfone groups is 1. The van der Waals surface area contributed by atoms with Crippen molar-refractivity contribution in [2.24, 2.45) is 0 Å². The Kier molecular flexibility index (Phi) is 4.59. The maximum Gasteiger partial charge on any atom is 0.241 e. The van der Waals surface area contributed by atoms with E-state index in [1.54, 1.807) is 36.3 Å². The van der Waals surface area contributed by atoms with Crippen molar-refractivity contribution in [2.45, 2.75) is 18.6 Å². The van der Waals surface area contributed by atoms with Gasteiger partial charge in [0.2, 0.25) is 12.7 Å². The summed E-state index contributed by atoms with van der Waals surface area (Å²) in [5, 5.41) is 0. The van der Waals surface area contributed by atoms with E-state index in [0.29, 0.717) is 29.5 Å². The summed E-state index contributed by atoms with van der Waals surface area (Å²) in [6, 6.07) is 12.1. The van der Waals surface area contributed by atoms with Gasteiger partial charge in [0, 0.05) is 18.3 Å². The fourth-order valence-corrected chi connectivity index (χ4v) is 6.46. The van der Waals surface area contributed by atoms with Gasteiger partial charge in [0.05, 0.1) is 31.2 Å². The average molecular weight is 430 g/mol. The summed E-state index contributed by atoms with van der Waals surface area (Å²) in [7, 11) is -1.67. The number of benzene rings is 2. The normalized spacial score (nSPS) is 24.7. The number of carbonyl (C=O) groups is 1. The third-order valence-corrected chi connectivity index (χ3v) is 7.57. The average Bonchev–Trinajstić information content (AvgIpc) is 3.31. The Morgan fingerprint density at radius 1 is 1.03 bits per heavy atom. The molecule has 30 heavy (non-hydrogen) atoms. The molecule has 3 aliphatic heterocycles. The fourth-order valence-electron chi connectivity index (χ4n) is 4.48. The summed E-state index contributed by atoms with van der Waals surface area (Å²) in [4.78, 5) is 16.7. The van der Waals surface area contributed by atoms with Gasteiger partial charge in [0.1, 0.15) is 5.75 Å². The number of piperazine rings is 1. The minimum absolute atomic E-state index is 0.0346. The number of hydrogen-bond acceptors (Lipinski definition) is 7. The lowest BCUT2D eigenvalue weighted by Gasteiger charge is -2.43. The number of ether oxygens (including phenoxy) is 3. The first kappa shape index (κ1) is 19.2. The van der Waals surface area contributed by atoms with Crippen LogP contribution >= 0.6 is 0 Å². The molecule has 3 aliphatic rings. The van der Waals surface area contributed by atoms with Gasteiger partial charge in [0.15, 0.2) is 21.3 Å². The van der Waals surface area contributed by atoms with E-state index in [1.807, 2.05) is 23.1 Å². The summed E-state index contributed by atoms with van der Waals surface area (Å²) in [5.74, 6) is 1.95. The molecule has 0 saturated carbocycles. The van der Waals surface area contributed by atoms with Crippen molar-refractivity contribution in [1.82, 2.24) is 4.90 Å². The van der Waals surface area contributed by atoms with Gasteiger partial charge in [-0.25, -0.2) is 8.42 Å². The van der Waals surface area contributed by atoms with E-state index in [0.717, 1.165) is 5.56 Å². The van der Waals surface area contributed by atoms with E-state index < -0.39 is 15.9 Å². The number of methoxy groups -OCH3 is 1. The Morgan fingerprint density at radius 2 is 1.77 bits per heavy atom. The molecule has 0 spiro atoms. The highest BCUT2D eigenvalue weighted by Gasteiger charge is 2.49. The molecule has 2 aromatic rings. The summed E-state index contributed by atoms with van der Waals surface area (Å²) in [5.41, 5.74) is 1.64. The highest BCUT2D eigenvalue weighted by Crippen LogP contribution is 2.36. The first-order valence-electron chi connectivity index (χ1n) is 9.73. The van der Waals surface area contributed by atoms with Gasteiger partial charge in [-0.3, -0.25) is 9.69 Å². The van der Waals surface area contributed by atoms with Crippen LogP contribution in [0.2, 0.25) is 0 Å². The molecule has 9 heteroatoms. The van der Waals surface area contributed by atoms with Gasteiger partial charge >= 0.3 is 0 Å². The van der Waals surface area contributed by atoms with Crippen LogP contribution < -0.4 is 19.1 Å². The van der Waals surface area contributed by atoms with Crippen molar-refractivity contribution < 1.29 is 27.4 Å². The molecule has 0 bridgehead atoms. The van der Waals surface area contributed by atoms with Crippen LogP contribution in [0.25, 0.3) is 0 Å². The van der Waals surface area contributed by atoms with Crippen LogP contribution in [-0.4, -0.2) is 63.3 Å². The van der Waals surface area contributed by atoms with E-state index in [1.165, 1.54) is 0 Å². The highest BCUT2D eigenvalue weighted by molar-refractivity contribution is 7.91. The summed E-state index contributed by atoms with van der Waals surface area (Å²) in [6.45, 7) is 0.813. The van der Waals surface area contributed by atoms with Gasteiger partial charge in [-0.05, 0) is 42.0 Å². The lowest BCUT2D eigenvalue weighted by Crippen LogP contribution is -2.61. The van der Waals surface area contributed by atoms with Crippen molar-refractivity contribution >= 4 is 21.4 Å². The van der Waals surface area contributed by atoms with Crippen molar-refractivity contribution in [1.29, 1.82) is 0 Å². The largest absolute Gasteiger partial charge is 0.497 e. The zero-order valence-electron chi connectivity index (χ0n) is 16.5. The second-order valence-corrected chi connectivity index (χ2v) is 9.92. The van der Waals surface area contributed by atoms with Crippen molar-refractivity contribution in [2.75, 3.05) is 36.9 Å². The topological polar surface area (TPSA) is 85.4 Å². The second-order valence-electron chi connectivity index (χ2n) is 7.77. The van der Waals surface area contributed by atoms with E-state index in [9.17, 15) is 13.2 Å². The molecule has 5 rings (SSSR count). The monoisotopic (exact) mass is 430 g/mol. The molecular formula is C21H22N2O6S. The lowest BCUT2D eigenvalue weighted by molar-refractivity contribution is -0.123. The molecule has 0 aliphatic carbocycles. The van der Waals surface area contributed by atoms with E-state index >= 15 is 0 Å². The summed E-state index contributed by atoms with van der Waals surface area (Å²) >= 11 is 0. The van der Waals surface area contributed by atoms with Crippen LogP contribution in [0.4, 0.5) is 5.69 Å². The van der Waals surface area contributed by atoms with Crippen LogP contribution in [0.5, 0.6) is 17.2 Å². The van der Waals surface area contributed by atoms with Crippen molar-refractivity contribution in [3.63, 3.8) is 0 Å². The van der Waals surface area contributed by atoms with Crippen LogP contribution in [0.1, 0.15) is 5.56 Å². The third kappa shape index (κ3) is 3.37. The Balaban J connectivity index is 1.44. The zero-order valence-corrected chi connectivity index (χ0v) is 17.3. The Labute approximate surface area is 174 Å². The quantitative estimate of drug-likeness (QED) is 0.726.